The molecule has 0 spiro atoms. The number of rotatable bonds is 8. The molecule has 0 radical (unpaired) electrons. The molecule has 0 fully saturated rings. The number of hydrogen-bond donors (Lipinski definition) is 1. The molecule has 0 aromatic heterocycles. The molecule has 2 amide bonds. The van der Waals surface area contributed by atoms with Crippen molar-refractivity contribution < 1.29 is 9.59 Å². The van der Waals surface area contributed by atoms with E-state index in [9.17, 15) is 9.59 Å². The SMILES string of the molecule is C=CCNC(=O)C(=O)N(CCCC)CCCC. The van der Waals surface area contributed by atoms with E-state index in [4.69, 9.17) is 0 Å². The minimum atomic E-state index is -0.530. The normalized spacial score (nSPS) is 9.76. The summed E-state index contributed by atoms with van der Waals surface area (Å²) in [7, 11) is 0. The fourth-order valence-corrected chi connectivity index (χ4v) is 1.40. The molecule has 0 aromatic carbocycles. The van der Waals surface area contributed by atoms with E-state index in [-0.39, 0.29) is 0 Å². The third-order valence-electron chi connectivity index (χ3n) is 2.45. The van der Waals surface area contributed by atoms with Crippen LogP contribution >= 0.6 is 0 Å². The maximum absolute atomic E-state index is 11.8. The highest BCUT2D eigenvalue weighted by Crippen LogP contribution is 2.00. The van der Waals surface area contributed by atoms with Gasteiger partial charge in [-0.2, -0.15) is 0 Å². The van der Waals surface area contributed by atoms with Crippen molar-refractivity contribution in [2.24, 2.45) is 0 Å². The standard InChI is InChI=1S/C13H24N2O2/c1-4-7-10-15(11-8-5-2)13(17)12(16)14-9-6-3/h6H,3-5,7-11H2,1-2H3,(H,14,16). The van der Waals surface area contributed by atoms with E-state index >= 15 is 0 Å². The molecule has 0 aliphatic carbocycles. The Labute approximate surface area is 104 Å². The largest absolute Gasteiger partial charge is 0.344 e. The predicted octanol–water partition coefficient (Wildman–Crippen LogP) is 1.72. The van der Waals surface area contributed by atoms with Gasteiger partial charge in [0.05, 0.1) is 0 Å². The van der Waals surface area contributed by atoms with Crippen LogP contribution in [0.1, 0.15) is 39.5 Å². The summed E-state index contributed by atoms with van der Waals surface area (Å²) in [6, 6.07) is 0. The van der Waals surface area contributed by atoms with Crippen LogP contribution in [0.3, 0.4) is 0 Å². The van der Waals surface area contributed by atoms with Crippen LogP contribution in [0.25, 0.3) is 0 Å². The molecule has 4 nitrogen and oxygen atoms in total. The van der Waals surface area contributed by atoms with Crippen LogP contribution < -0.4 is 5.32 Å². The first-order valence-corrected chi connectivity index (χ1v) is 6.35. The Morgan fingerprint density at radius 1 is 1.18 bits per heavy atom. The van der Waals surface area contributed by atoms with E-state index in [1.54, 1.807) is 11.0 Å². The number of carbonyl (C=O) groups is 2. The Morgan fingerprint density at radius 2 is 1.71 bits per heavy atom. The van der Waals surface area contributed by atoms with Gasteiger partial charge in [0, 0.05) is 19.6 Å². The predicted molar refractivity (Wildman–Crippen MR) is 69.6 cm³/mol. The summed E-state index contributed by atoms with van der Waals surface area (Å²) < 4.78 is 0. The van der Waals surface area contributed by atoms with Crippen molar-refractivity contribution in [2.75, 3.05) is 19.6 Å². The van der Waals surface area contributed by atoms with Crippen molar-refractivity contribution in [1.29, 1.82) is 0 Å². The fraction of sp³-hybridized carbons (Fsp3) is 0.692. The van der Waals surface area contributed by atoms with Gasteiger partial charge in [0.1, 0.15) is 0 Å². The molecule has 1 N–H and O–H groups in total. The van der Waals surface area contributed by atoms with E-state index in [1.807, 2.05) is 0 Å². The number of nitrogens with one attached hydrogen (secondary N) is 1. The maximum atomic E-state index is 11.8. The van der Waals surface area contributed by atoms with Gasteiger partial charge in [-0.15, -0.1) is 6.58 Å². The van der Waals surface area contributed by atoms with Crippen LogP contribution in [0.4, 0.5) is 0 Å². The van der Waals surface area contributed by atoms with Gasteiger partial charge >= 0.3 is 11.8 Å². The van der Waals surface area contributed by atoms with Crippen LogP contribution in [0.2, 0.25) is 0 Å². The number of unbranched alkanes of at least 4 members (excludes halogenated alkanes) is 2. The molecule has 0 saturated carbocycles. The number of carbonyl (C=O) groups excluding carboxylic acids is 2. The Balaban J connectivity index is 4.27. The van der Waals surface area contributed by atoms with Crippen LogP contribution in [0, 0.1) is 0 Å². The van der Waals surface area contributed by atoms with E-state index < -0.39 is 11.8 Å². The molecule has 4 heteroatoms. The molecule has 17 heavy (non-hydrogen) atoms. The average molecular weight is 240 g/mol. The lowest BCUT2D eigenvalue weighted by Gasteiger charge is -2.21. The summed E-state index contributed by atoms with van der Waals surface area (Å²) in [5.41, 5.74) is 0. The topological polar surface area (TPSA) is 49.4 Å². The van der Waals surface area contributed by atoms with E-state index in [0.717, 1.165) is 25.7 Å². The first kappa shape index (κ1) is 15.7. The van der Waals surface area contributed by atoms with Gasteiger partial charge in [0.25, 0.3) is 0 Å². The number of amides is 2. The second-order valence-corrected chi connectivity index (χ2v) is 4.00. The average Bonchev–Trinajstić information content (AvgIpc) is 2.35. The van der Waals surface area contributed by atoms with Gasteiger partial charge in [-0.05, 0) is 12.8 Å². The highest BCUT2D eigenvalue weighted by atomic mass is 16.2. The van der Waals surface area contributed by atoms with Crippen LogP contribution in [-0.2, 0) is 9.59 Å². The number of nitrogens with zero attached hydrogens (tertiary/aromatic N) is 1. The Bertz CT molecular complexity index is 244. The van der Waals surface area contributed by atoms with Crippen molar-refractivity contribution in [3.8, 4) is 0 Å². The smallest absolute Gasteiger partial charge is 0.311 e. The monoisotopic (exact) mass is 240 g/mol. The third-order valence-corrected chi connectivity index (χ3v) is 2.45. The van der Waals surface area contributed by atoms with Gasteiger partial charge in [-0.25, -0.2) is 0 Å². The summed E-state index contributed by atoms with van der Waals surface area (Å²) in [6.45, 7) is 9.30. The lowest BCUT2D eigenvalue weighted by molar-refractivity contribution is -0.145. The van der Waals surface area contributed by atoms with E-state index in [0.29, 0.717) is 19.6 Å². The minimum absolute atomic E-state index is 0.333. The molecule has 98 valence electrons. The summed E-state index contributed by atoms with van der Waals surface area (Å²) in [4.78, 5) is 25.0. The molecule has 0 heterocycles. The zero-order chi connectivity index (χ0) is 13.1. The van der Waals surface area contributed by atoms with Crippen LogP contribution in [0.5, 0.6) is 0 Å². The van der Waals surface area contributed by atoms with Gasteiger partial charge in [-0.3, -0.25) is 9.59 Å². The van der Waals surface area contributed by atoms with Crippen molar-refractivity contribution in [2.45, 2.75) is 39.5 Å². The molecular formula is C13H24N2O2. The van der Waals surface area contributed by atoms with Gasteiger partial charge in [0.2, 0.25) is 0 Å². The minimum Gasteiger partial charge on any atom is -0.344 e. The molecule has 0 aromatic rings. The first-order chi connectivity index (χ1) is 8.17. The Kier molecular flexibility index (Phi) is 9.11. The van der Waals surface area contributed by atoms with E-state index in [2.05, 4.69) is 25.7 Å². The third kappa shape index (κ3) is 6.76. The second-order valence-electron chi connectivity index (χ2n) is 4.00. The quantitative estimate of drug-likeness (QED) is 0.519. The second kappa shape index (κ2) is 9.87. The van der Waals surface area contributed by atoms with Crippen LogP contribution in [0.15, 0.2) is 12.7 Å². The Hall–Kier alpha value is -1.32. The number of hydrogen-bond acceptors (Lipinski definition) is 2. The van der Waals surface area contributed by atoms with Crippen molar-refractivity contribution in [3.63, 3.8) is 0 Å². The van der Waals surface area contributed by atoms with Gasteiger partial charge in [-0.1, -0.05) is 32.8 Å². The lowest BCUT2D eigenvalue weighted by atomic mass is 10.2. The highest BCUT2D eigenvalue weighted by Gasteiger charge is 2.19. The molecule has 0 aliphatic rings. The summed E-state index contributed by atoms with van der Waals surface area (Å²) in [5.74, 6) is -0.953. The maximum Gasteiger partial charge on any atom is 0.311 e. The highest BCUT2D eigenvalue weighted by molar-refractivity contribution is 6.35. The molecule has 0 aliphatic heterocycles. The van der Waals surface area contributed by atoms with Crippen LogP contribution in [-0.4, -0.2) is 36.3 Å². The molecule has 0 rings (SSSR count). The summed E-state index contributed by atoms with van der Waals surface area (Å²) >= 11 is 0. The zero-order valence-corrected chi connectivity index (χ0v) is 11.0. The van der Waals surface area contributed by atoms with Crippen molar-refractivity contribution >= 4 is 11.8 Å². The molecular weight excluding hydrogens is 216 g/mol. The van der Waals surface area contributed by atoms with Crippen molar-refractivity contribution in [1.82, 2.24) is 10.2 Å². The first-order valence-electron chi connectivity index (χ1n) is 6.35. The molecule has 0 unspecified atom stereocenters. The fourth-order valence-electron chi connectivity index (χ4n) is 1.40. The van der Waals surface area contributed by atoms with Gasteiger partial charge in [0.15, 0.2) is 0 Å². The van der Waals surface area contributed by atoms with Crippen molar-refractivity contribution in [3.05, 3.63) is 12.7 Å². The molecule has 0 bridgehead atoms. The summed E-state index contributed by atoms with van der Waals surface area (Å²) in [6.07, 6.45) is 5.47. The molecule has 0 atom stereocenters. The zero-order valence-electron chi connectivity index (χ0n) is 11.0. The molecule has 0 saturated heterocycles. The van der Waals surface area contributed by atoms with Gasteiger partial charge < -0.3 is 10.2 Å². The summed E-state index contributed by atoms with van der Waals surface area (Å²) in [5, 5.41) is 2.52. The lowest BCUT2D eigenvalue weighted by Crippen LogP contribution is -2.43. The Morgan fingerprint density at radius 3 is 2.12 bits per heavy atom. The van der Waals surface area contributed by atoms with E-state index in [1.165, 1.54) is 0 Å².